The van der Waals surface area contributed by atoms with Crippen LogP contribution in [0.25, 0.3) is 0 Å². The molecule has 2 rings (SSSR count). The van der Waals surface area contributed by atoms with Crippen LogP contribution in [0.2, 0.25) is 0 Å². The highest BCUT2D eigenvalue weighted by molar-refractivity contribution is 9.10. The Labute approximate surface area is 113 Å². The first-order valence-corrected chi connectivity index (χ1v) is 6.11. The van der Waals surface area contributed by atoms with Crippen LogP contribution in [-0.4, -0.2) is 6.29 Å². The van der Waals surface area contributed by atoms with E-state index in [1.165, 1.54) is 6.07 Å². The van der Waals surface area contributed by atoms with Gasteiger partial charge in [-0.05, 0) is 46.3 Å². The molecular formula is C14H10BrFO2. The van der Waals surface area contributed by atoms with Crippen molar-refractivity contribution in [3.8, 4) is 5.75 Å². The predicted molar refractivity (Wildman–Crippen MR) is 70.3 cm³/mol. The molecule has 0 aliphatic rings. The van der Waals surface area contributed by atoms with Crippen LogP contribution in [0.15, 0.2) is 46.9 Å². The van der Waals surface area contributed by atoms with Crippen molar-refractivity contribution in [2.24, 2.45) is 0 Å². The molecule has 2 aromatic carbocycles. The Morgan fingerprint density at radius 2 is 1.89 bits per heavy atom. The summed E-state index contributed by atoms with van der Waals surface area (Å²) >= 11 is 3.18. The Hall–Kier alpha value is -1.68. The fourth-order valence-corrected chi connectivity index (χ4v) is 1.84. The lowest BCUT2D eigenvalue weighted by Gasteiger charge is -2.08. The van der Waals surface area contributed by atoms with Gasteiger partial charge in [0.05, 0.1) is 4.47 Å². The molecule has 0 aliphatic heterocycles. The number of rotatable bonds is 4. The van der Waals surface area contributed by atoms with E-state index in [1.54, 1.807) is 36.4 Å². The van der Waals surface area contributed by atoms with E-state index in [0.29, 0.717) is 15.8 Å². The zero-order chi connectivity index (χ0) is 13.0. The van der Waals surface area contributed by atoms with E-state index in [1.807, 2.05) is 0 Å². The summed E-state index contributed by atoms with van der Waals surface area (Å²) in [6.07, 6.45) is 0.771. The summed E-state index contributed by atoms with van der Waals surface area (Å²) in [5, 5.41) is 0. The molecule has 0 heterocycles. The molecule has 0 N–H and O–H groups in total. The van der Waals surface area contributed by atoms with Gasteiger partial charge >= 0.3 is 0 Å². The molecule has 18 heavy (non-hydrogen) atoms. The third-order valence-corrected chi connectivity index (χ3v) is 3.33. The summed E-state index contributed by atoms with van der Waals surface area (Å²) in [7, 11) is 0. The second kappa shape index (κ2) is 5.78. The molecule has 0 fully saturated rings. The van der Waals surface area contributed by atoms with Crippen LogP contribution in [0, 0.1) is 5.82 Å². The highest BCUT2D eigenvalue weighted by Gasteiger charge is 2.05. The minimum Gasteiger partial charge on any atom is -0.489 e. The monoisotopic (exact) mass is 308 g/mol. The van der Waals surface area contributed by atoms with Crippen LogP contribution >= 0.6 is 15.9 Å². The molecule has 2 aromatic rings. The van der Waals surface area contributed by atoms with Crippen LogP contribution in [0.1, 0.15) is 15.9 Å². The molecule has 0 amide bonds. The largest absolute Gasteiger partial charge is 0.489 e. The lowest BCUT2D eigenvalue weighted by atomic mass is 10.2. The minimum absolute atomic E-state index is 0.263. The van der Waals surface area contributed by atoms with Crippen LogP contribution in [0.3, 0.4) is 0 Å². The van der Waals surface area contributed by atoms with Gasteiger partial charge in [0, 0.05) is 11.1 Å². The summed E-state index contributed by atoms with van der Waals surface area (Å²) < 4.78 is 19.2. The van der Waals surface area contributed by atoms with E-state index in [-0.39, 0.29) is 12.4 Å². The van der Waals surface area contributed by atoms with Gasteiger partial charge in [-0.1, -0.05) is 12.1 Å². The fourth-order valence-electron chi connectivity index (χ4n) is 1.46. The number of benzene rings is 2. The normalized spacial score (nSPS) is 10.1. The molecule has 0 unspecified atom stereocenters. The standard InChI is InChI=1S/C14H10BrFO2/c15-14-11(2-1-3-13(14)16)9-18-12-6-4-10(8-17)5-7-12/h1-8H,9H2. The molecule has 4 heteroatoms. The topological polar surface area (TPSA) is 26.3 Å². The van der Waals surface area contributed by atoms with E-state index in [4.69, 9.17) is 4.74 Å². The predicted octanol–water partition coefficient (Wildman–Crippen LogP) is 3.98. The highest BCUT2D eigenvalue weighted by Crippen LogP contribution is 2.22. The lowest BCUT2D eigenvalue weighted by Crippen LogP contribution is -1.97. The summed E-state index contributed by atoms with van der Waals surface area (Å²) in [5.41, 5.74) is 1.32. The Kier molecular flexibility index (Phi) is 4.10. The smallest absolute Gasteiger partial charge is 0.150 e. The lowest BCUT2D eigenvalue weighted by molar-refractivity contribution is 0.112. The molecule has 0 spiro atoms. The summed E-state index contributed by atoms with van der Waals surface area (Å²) in [6.45, 7) is 0.263. The van der Waals surface area contributed by atoms with E-state index < -0.39 is 0 Å². The van der Waals surface area contributed by atoms with Crippen molar-refractivity contribution in [1.29, 1.82) is 0 Å². The number of hydrogen-bond donors (Lipinski definition) is 0. The second-order valence-electron chi connectivity index (χ2n) is 3.69. The average Bonchev–Trinajstić information content (AvgIpc) is 2.41. The van der Waals surface area contributed by atoms with E-state index in [9.17, 15) is 9.18 Å². The van der Waals surface area contributed by atoms with Gasteiger partial charge in [0.25, 0.3) is 0 Å². The van der Waals surface area contributed by atoms with Gasteiger partial charge in [-0.15, -0.1) is 0 Å². The summed E-state index contributed by atoms with van der Waals surface area (Å²) in [4.78, 5) is 10.5. The van der Waals surface area contributed by atoms with Gasteiger partial charge in [0.2, 0.25) is 0 Å². The number of carbonyl (C=O) groups is 1. The first-order chi connectivity index (χ1) is 8.70. The Bertz CT molecular complexity index is 552. The van der Waals surface area contributed by atoms with Crippen molar-refractivity contribution >= 4 is 22.2 Å². The van der Waals surface area contributed by atoms with Crippen molar-refractivity contribution in [2.45, 2.75) is 6.61 Å². The van der Waals surface area contributed by atoms with Gasteiger partial charge in [-0.2, -0.15) is 0 Å². The van der Waals surface area contributed by atoms with Gasteiger partial charge < -0.3 is 4.74 Å². The first kappa shape index (κ1) is 12.8. The van der Waals surface area contributed by atoms with E-state index in [2.05, 4.69) is 15.9 Å². The minimum atomic E-state index is -0.313. The van der Waals surface area contributed by atoms with Crippen molar-refractivity contribution in [2.75, 3.05) is 0 Å². The SMILES string of the molecule is O=Cc1ccc(OCc2cccc(F)c2Br)cc1. The van der Waals surface area contributed by atoms with Crippen LogP contribution in [0.4, 0.5) is 4.39 Å². The maximum absolute atomic E-state index is 13.3. The van der Waals surface area contributed by atoms with Crippen molar-refractivity contribution in [1.82, 2.24) is 0 Å². The Morgan fingerprint density at radius 3 is 2.56 bits per heavy atom. The quantitative estimate of drug-likeness (QED) is 0.799. The summed E-state index contributed by atoms with van der Waals surface area (Å²) in [5.74, 6) is 0.323. The first-order valence-electron chi connectivity index (χ1n) is 5.31. The second-order valence-corrected chi connectivity index (χ2v) is 4.48. The number of carbonyl (C=O) groups excluding carboxylic acids is 1. The van der Waals surface area contributed by atoms with Crippen molar-refractivity contribution in [3.05, 3.63) is 63.9 Å². The maximum atomic E-state index is 13.3. The molecule has 0 saturated carbocycles. The molecule has 92 valence electrons. The molecule has 0 radical (unpaired) electrons. The number of halogens is 2. The molecule has 0 aromatic heterocycles. The zero-order valence-corrected chi connectivity index (χ0v) is 11.0. The fraction of sp³-hybridized carbons (Fsp3) is 0.0714. The van der Waals surface area contributed by atoms with Crippen LogP contribution in [0.5, 0.6) is 5.75 Å². The third kappa shape index (κ3) is 2.96. The molecule has 2 nitrogen and oxygen atoms in total. The average molecular weight is 309 g/mol. The van der Waals surface area contributed by atoms with Crippen LogP contribution < -0.4 is 4.74 Å². The van der Waals surface area contributed by atoms with Gasteiger partial charge in [-0.25, -0.2) is 4.39 Å². The van der Waals surface area contributed by atoms with Gasteiger partial charge in [-0.3, -0.25) is 4.79 Å². The summed E-state index contributed by atoms with van der Waals surface area (Å²) in [6, 6.07) is 11.5. The zero-order valence-electron chi connectivity index (χ0n) is 9.40. The van der Waals surface area contributed by atoms with Crippen LogP contribution in [-0.2, 0) is 6.61 Å². The molecule has 0 atom stereocenters. The van der Waals surface area contributed by atoms with Gasteiger partial charge in [0.15, 0.2) is 0 Å². The molecule has 0 bridgehead atoms. The molecule has 0 aliphatic carbocycles. The Morgan fingerprint density at radius 1 is 1.17 bits per heavy atom. The maximum Gasteiger partial charge on any atom is 0.150 e. The number of ether oxygens (including phenoxy) is 1. The van der Waals surface area contributed by atoms with Crippen molar-refractivity contribution < 1.29 is 13.9 Å². The van der Waals surface area contributed by atoms with Gasteiger partial charge in [0.1, 0.15) is 24.5 Å². The molecular weight excluding hydrogens is 299 g/mol. The molecule has 0 saturated heterocycles. The number of hydrogen-bond acceptors (Lipinski definition) is 2. The van der Waals surface area contributed by atoms with Crippen molar-refractivity contribution in [3.63, 3.8) is 0 Å². The third-order valence-electron chi connectivity index (χ3n) is 2.44. The van der Waals surface area contributed by atoms with E-state index in [0.717, 1.165) is 11.8 Å². The number of aldehydes is 1. The highest BCUT2D eigenvalue weighted by atomic mass is 79.9. The van der Waals surface area contributed by atoms with E-state index >= 15 is 0 Å². The Balaban J connectivity index is 2.06.